The molecule has 6 heteroatoms. The van der Waals surface area contributed by atoms with Crippen LogP contribution in [0.3, 0.4) is 0 Å². The van der Waals surface area contributed by atoms with Gasteiger partial charge in [-0.25, -0.2) is 0 Å². The molecule has 1 amide bonds. The van der Waals surface area contributed by atoms with Crippen LogP contribution in [0.15, 0.2) is 18.2 Å². The Balaban J connectivity index is 2.13. The van der Waals surface area contributed by atoms with E-state index in [4.69, 9.17) is 28.9 Å². The Hall–Kier alpha value is -1.10. The summed E-state index contributed by atoms with van der Waals surface area (Å²) >= 11 is 11.9. The van der Waals surface area contributed by atoms with Crippen molar-refractivity contribution < 1.29 is 9.59 Å². The Morgan fingerprint density at radius 1 is 1.30 bits per heavy atom. The Morgan fingerprint density at radius 3 is 2.75 bits per heavy atom. The average Bonchev–Trinajstić information content (AvgIpc) is 2.41. The molecular formula is C14H16Cl2N2O2. The summed E-state index contributed by atoms with van der Waals surface area (Å²) < 4.78 is 0. The number of carbonyl (C=O) groups excluding carboxylic acids is 2. The summed E-state index contributed by atoms with van der Waals surface area (Å²) in [6.45, 7) is 0.825. The molecule has 0 radical (unpaired) electrons. The molecule has 0 saturated carbocycles. The molecule has 1 saturated heterocycles. The number of carbonyl (C=O) groups is 2. The first-order valence-electron chi connectivity index (χ1n) is 6.50. The van der Waals surface area contributed by atoms with E-state index >= 15 is 0 Å². The Bertz CT molecular complexity index is 534. The molecule has 108 valence electrons. The first-order valence-corrected chi connectivity index (χ1v) is 7.26. The van der Waals surface area contributed by atoms with E-state index in [1.54, 1.807) is 18.2 Å². The van der Waals surface area contributed by atoms with Crippen molar-refractivity contribution in [3.05, 3.63) is 33.8 Å². The van der Waals surface area contributed by atoms with Gasteiger partial charge in [0.05, 0.1) is 17.6 Å². The molecule has 0 aliphatic carbocycles. The molecule has 1 aliphatic rings. The van der Waals surface area contributed by atoms with Crippen molar-refractivity contribution in [2.75, 3.05) is 13.1 Å². The van der Waals surface area contributed by atoms with Gasteiger partial charge in [0.1, 0.15) is 0 Å². The fourth-order valence-corrected chi connectivity index (χ4v) is 2.88. The molecule has 0 aromatic heterocycles. The zero-order chi connectivity index (χ0) is 14.7. The molecule has 0 spiro atoms. The quantitative estimate of drug-likeness (QED) is 0.868. The van der Waals surface area contributed by atoms with Gasteiger partial charge < -0.3 is 5.73 Å². The van der Waals surface area contributed by atoms with Gasteiger partial charge in [0.15, 0.2) is 5.78 Å². The van der Waals surface area contributed by atoms with Crippen LogP contribution in [0, 0.1) is 0 Å². The fraction of sp³-hybridized carbons (Fsp3) is 0.429. The summed E-state index contributed by atoms with van der Waals surface area (Å²) in [6.07, 6.45) is 2.61. The highest BCUT2D eigenvalue weighted by molar-refractivity contribution is 6.36. The van der Waals surface area contributed by atoms with Crippen molar-refractivity contribution in [3.63, 3.8) is 0 Å². The molecule has 1 heterocycles. The monoisotopic (exact) mass is 314 g/mol. The maximum Gasteiger partial charge on any atom is 0.234 e. The van der Waals surface area contributed by atoms with E-state index in [0.717, 1.165) is 12.8 Å². The maximum atomic E-state index is 12.3. The number of benzene rings is 1. The zero-order valence-electron chi connectivity index (χ0n) is 10.9. The van der Waals surface area contributed by atoms with E-state index < -0.39 is 0 Å². The molecule has 1 aromatic rings. The van der Waals surface area contributed by atoms with E-state index in [-0.39, 0.29) is 24.3 Å². The lowest BCUT2D eigenvalue weighted by Gasteiger charge is -2.32. The predicted octanol–water partition coefficient (Wildman–Crippen LogP) is 2.52. The first kappa shape index (κ1) is 15.3. The lowest BCUT2D eigenvalue weighted by Crippen LogP contribution is -2.49. The molecular weight excluding hydrogens is 299 g/mol. The minimum Gasteiger partial charge on any atom is -0.368 e. The summed E-state index contributed by atoms with van der Waals surface area (Å²) in [5.74, 6) is -0.527. The van der Waals surface area contributed by atoms with Crippen LogP contribution in [0.25, 0.3) is 0 Å². The molecule has 1 unspecified atom stereocenters. The van der Waals surface area contributed by atoms with Crippen molar-refractivity contribution in [3.8, 4) is 0 Å². The van der Waals surface area contributed by atoms with Crippen molar-refractivity contribution >= 4 is 34.9 Å². The van der Waals surface area contributed by atoms with Crippen LogP contribution in [0.5, 0.6) is 0 Å². The van der Waals surface area contributed by atoms with Crippen molar-refractivity contribution in [1.82, 2.24) is 4.90 Å². The summed E-state index contributed by atoms with van der Waals surface area (Å²) in [5.41, 5.74) is 5.77. The van der Waals surface area contributed by atoms with Gasteiger partial charge in [-0.2, -0.15) is 0 Å². The molecule has 1 aliphatic heterocycles. The van der Waals surface area contributed by atoms with E-state index in [1.807, 2.05) is 4.90 Å². The van der Waals surface area contributed by atoms with Gasteiger partial charge in [-0.1, -0.05) is 29.6 Å². The van der Waals surface area contributed by atoms with E-state index in [2.05, 4.69) is 0 Å². The van der Waals surface area contributed by atoms with Gasteiger partial charge in [-0.05, 0) is 37.6 Å². The van der Waals surface area contributed by atoms with Crippen LogP contribution in [-0.2, 0) is 4.79 Å². The number of primary amides is 1. The van der Waals surface area contributed by atoms with E-state index in [0.29, 0.717) is 28.6 Å². The van der Waals surface area contributed by atoms with Crippen LogP contribution in [0.4, 0.5) is 0 Å². The number of hydrogen-bond acceptors (Lipinski definition) is 3. The lowest BCUT2D eigenvalue weighted by atomic mass is 10.0. The number of likely N-dealkylation sites (tertiary alicyclic amines) is 1. The number of piperidine rings is 1. The SMILES string of the molecule is NC(=O)C1CCCCN1CC(=O)c1cc(Cl)ccc1Cl. The van der Waals surface area contributed by atoms with Gasteiger partial charge in [-0.3, -0.25) is 14.5 Å². The first-order chi connectivity index (χ1) is 9.49. The van der Waals surface area contributed by atoms with Gasteiger partial charge in [0.2, 0.25) is 5.91 Å². The van der Waals surface area contributed by atoms with E-state index in [1.165, 1.54) is 0 Å². The highest BCUT2D eigenvalue weighted by atomic mass is 35.5. The second-order valence-corrected chi connectivity index (χ2v) is 5.78. The van der Waals surface area contributed by atoms with Gasteiger partial charge in [-0.15, -0.1) is 0 Å². The molecule has 4 nitrogen and oxygen atoms in total. The normalized spacial score (nSPS) is 19.8. The van der Waals surface area contributed by atoms with E-state index in [9.17, 15) is 9.59 Å². The molecule has 2 rings (SSSR count). The second-order valence-electron chi connectivity index (χ2n) is 4.93. The number of nitrogens with two attached hydrogens (primary N) is 1. The van der Waals surface area contributed by atoms with Crippen molar-refractivity contribution in [2.45, 2.75) is 25.3 Å². The van der Waals surface area contributed by atoms with Gasteiger partial charge in [0, 0.05) is 10.6 Å². The molecule has 1 aromatic carbocycles. The Kier molecular flexibility index (Phi) is 5.02. The number of rotatable bonds is 4. The van der Waals surface area contributed by atoms with Crippen LogP contribution in [0.2, 0.25) is 10.0 Å². The third kappa shape index (κ3) is 3.51. The van der Waals surface area contributed by atoms with Gasteiger partial charge >= 0.3 is 0 Å². The van der Waals surface area contributed by atoms with Gasteiger partial charge in [0.25, 0.3) is 0 Å². The highest BCUT2D eigenvalue weighted by Gasteiger charge is 2.28. The smallest absolute Gasteiger partial charge is 0.234 e. The van der Waals surface area contributed by atoms with Crippen LogP contribution >= 0.6 is 23.2 Å². The Morgan fingerprint density at radius 2 is 2.05 bits per heavy atom. The molecule has 1 fully saturated rings. The van der Waals surface area contributed by atoms with Crippen molar-refractivity contribution in [2.24, 2.45) is 5.73 Å². The summed E-state index contributed by atoms with van der Waals surface area (Å²) in [4.78, 5) is 25.6. The van der Waals surface area contributed by atoms with Crippen molar-refractivity contribution in [1.29, 1.82) is 0 Å². The minimum absolute atomic E-state index is 0.133. The predicted molar refractivity (Wildman–Crippen MR) is 79.2 cm³/mol. The number of halogens is 2. The van der Waals surface area contributed by atoms with Crippen LogP contribution in [-0.4, -0.2) is 35.7 Å². The summed E-state index contributed by atoms with van der Waals surface area (Å²) in [7, 11) is 0. The standard InChI is InChI=1S/C14H16Cl2N2O2/c15-9-4-5-11(16)10(7-9)13(19)8-18-6-2-1-3-12(18)14(17)20/h4-5,7,12H,1-3,6,8H2,(H2,17,20). The van der Waals surface area contributed by atoms with Crippen LogP contribution < -0.4 is 5.73 Å². The molecule has 1 atom stereocenters. The summed E-state index contributed by atoms with van der Waals surface area (Å²) in [6, 6.07) is 4.41. The number of Topliss-reactive ketones (excluding diaryl/α,β-unsaturated/α-hetero) is 1. The average molecular weight is 315 g/mol. The molecule has 0 bridgehead atoms. The zero-order valence-corrected chi connectivity index (χ0v) is 12.5. The lowest BCUT2D eigenvalue weighted by molar-refractivity contribution is -0.124. The summed E-state index contributed by atoms with van der Waals surface area (Å²) in [5, 5.41) is 0.829. The molecule has 2 N–H and O–H groups in total. The highest BCUT2D eigenvalue weighted by Crippen LogP contribution is 2.23. The number of ketones is 1. The fourth-order valence-electron chi connectivity index (χ4n) is 2.48. The number of amides is 1. The molecule has 20 heavy (non-hydrogen) atoms. The minimum atomic E-state index is -0.380. The third-order valence-corrected chi connectivity index (χ3v) is 4.08. The Labute approximate surface area is 127 Å². The largest absolute Gasteiger partial charge is 0.368 e. The maximum absolute atomic E-state index is 12.3. The topological polar surface area (TPSA) is 63.4 Å². The number of hydrogen-bond donors (Lipinski definition) is 1. The third-order valence-electron chi connectivity index (χ3n) is 3.52. The second kappa shape index (κ2) is 6.57. The number of nitrogens with zero attached hydrogens (tertiary/aromatic N) is 1. The van der Waals surface area contributed by atoms with Crippen LogP contribution in [0.1, 0.15) is 29.6 Å².